The maximum absolute atomic E-state index is 11.2. The van der Waals surface area contributed by atoms with Gasteiger partial charge in [-0.2, -0.15) is 0 Å². The van der Waals surface area contributed by atoms with E-state index in [1.165, 1.54) is 16.8 Å². The highest BCUT2D eigenvalue weighted by atomic mass is 16.1. The summed E-state index contributed by atoms with van der Waals surface area (Å²) in [5.41, 5.74) is 4.12. The molecule has 3 rings (SSSR count). The lowest BCUT2D eigenvalue weighted by molar-refractivity contribution is -0.119. The van der Waals surface area contributed by atoms with Gasteiger partial charge in [-0.05, 0) is 23.6 Å². The van der Waals surface area contributed by atoms with E-state index < -0.39 is 0 Å². The molecule has 1 aliphatic rings. The number of para-hydroxylation sites is 1. The number of amides is 1. The molecule has 0 aromatic heterocycles. The summed E-state index contributed by atoms with van der Waals surface area (Å²) in [6.45, 7) is 6.51. The molecule has 23 heavy (non-hydrogen) atoms. The van der Waals surface area contributed by atoms with Crippen LogP contribution in [0.3, 0.4) is 0 Å². The number of rotatable bonds is 5. The third kappa shape index (κ3) is 3.39. The summed E-state index contributed by atoms with van der Waals surface area (Å²) in [5, 5.41) is 2.94. The molecular weight excluding hydrogens is 284 g/mol. The van der Waals surface area contributed by atoms with Gasteiger partial charge in [0.1, 0.15) is 0 Å². The number of anilines is 1. The van der Waals surface area contributed by atoms with E-state index in [4.69, 9.17) is 0 Å². The van der Waals surface area contributed by atoms with E-state index in [1.54, 1.807) is 6.92 Å². The van der Waals surface area contributed by atoms with Crippen LogP contribution < -0.4 is 10.2 Å². The third-order valence-corrected chi connectivity index (χ3v) is 4.70. The number of nitrogens with one attached hydrogen (secondary N) is 1. The summed E-state index contributed by atoms with van der Waals surface area (Å²) < 4.78 is 0. The second-order valence-electron chi connectivity index (χ2n) is 6.65. The summed E-state index contributed by atoms with van der Waals surface area (Å²) >= 11 is 0. The molecular formula is C20H24N2O. The van der Waals surface area contributed by atoms with Gasteiger partial charge in [-0.25, -0.2) is 0 Å². The monoisotopic (exact) mass is 308 g/mol. The lowest BCUT2D eigenvalue weighted by Gasteiger charge is -2.26. The minimum absolute atomic E-state index is 0.0426. The predicted molar refractivity (Wildman–Crippen MR) is 94.6 cm³/mol. The molecule has 0 saturated carbocycles. The number of carbonyl (C=O) groups is 1. The van der Waals surface area contributed by atoms with Gasteiger partial charge in [0.25, 0.3) is 0 Å². The van der Waals surface area contributed by atoms with Crippen molar-refractivity contribution < 1.29 is 4.79 Å². The van der Waals surface area contributed by atoms with Crippen molar-refractivity contribution in [3.8, 4) is 0 Å². The topological polar surface area (TPSA) is 32.3 Å². The Labute approximate surface area is 138 Å². The van der Waals surface area contributed by atoms with Crippen LogP contribution in [0.2, 0.25) is 0 Å². The van der Waals surface area contributed by atoms with Crippen molar-refractivity contribution in [3.63, 3.8) is 0 Å². The Bertz CT molecular complexity index is 683. The molecule has 1 amide bonds. The van der Waals surface area contributed by atoms with Gasteiger partial charge in [0.2, 0.25) is 5.91 Å². The van der Waals surface area contributed by atoms with Crippen LogP contribution in [0, 0.1) is 0 Å². The second kappa shape index (κ2) is 6.45. The summed E-state index contributed by atoms with van der Waals surface area (Å²) in [7, 11) is 0. The molecule has 1 heterocycles. The van der Waals surface area contributed by atoms with E-state index >= 15 is 0 Å². The van der Waals surface area contributed by atoms with Gasteiger partial charge in [0, 0.05) is 37.7 Å². The average Bonchev–Trinajstić information content (AvgIpc) is 2.81. The van der Waals surface area contributed by atoms with Crippen LogP contribution in [-0.4, -0.2) is 19.0 Å². The number of benzene rings is 2. The minimum Gasteiger partial charge on any atom is -0.366 e. The van der Waals surface area contributed by atoms with Crippen molar-refractivity contribution in [2.45, 2.75) is 32.2 Å². The number of carbonyl (C=O) groups excluding carboxylic acids is 1. The van der Waals surface area contributed by atoms with Crippen LogP contribution >= 0.6 is 0 Å². The Morgan fingerprint density at radius 3 is 2.57 bits per heavy atom. The fraction of sp³-hybridized carbons (Fsp3) is 0.350. The van der Waals surface area contributed by atoms with Gasteiger partial charge in [-0.3, -0.25) is 4.79 Å². The minimum atomic E-state index is 0.0426. The van der Waals surface area contributed by atoms with Gasteiger partial charge in [-0.1, -0.05) is 55.5 Å². The molecule has 1 aliphatic heterocycles. The summed E-state index contributed by atoms with van der Waals surface area (Å²) in [6, 6.07) is 19.2. The molecule has 3 nitrogen and oxygen atoms in total. The molecule has 0 bridgehead atoms. The highest BCUT2D eigenvalue weighted by Crippen LogP contribution is 2.43. The fourth-order valence-corrected chi connectivity index (χ4v) is 3.52. The van der Waals surface area contributed by atoms with Gasteiger partial charge in [0.05, 0.1) is 0 Å². The maximum Gasteiger partial charge on any atom is 0.216 e. The Morgan fingerprint density at radius 1 is 1.13 bits per heavy atom. The highest BCUT2D eigenvalue weighted by Gasteiger charge is 2.38. The van der Waals surface area contributed by atoms with Crippen molar-refractivity contribution >= 4 is 11.6 Å². The van der Waals surface area contributed by atoms with Crippen LogP contribution in [0.1, 0.15) is 31.4 Å². The van der Waals surface area contributed by atoms with Crippen LogP contribution in [0.4, 0.5) is 5.69 Å². The number of hydrogen-bond donors (Lipinski definition) is 1. The number of nitrogens with zero attached hydrogens (tertiary/aromatic N) is 1. The lowest BCUT2D eigenvalue weighted by Crippen LogP contribution is -2.34. The quantitative estimate of drug-likeness (QED) is 0.917. The molecule has 0 saturated heterocycles. The molecule has 2 aromatic carbocycles. The summed E-state index contributed by atoms with van der Waals surface area (Å²) in [6.07, 6.45) is 0.953. The van der Waals surface area contributed by atoms with E-state index in [2.05, 4.69) is 71.7 Å². The van der Waals surface area contributed by atoms with Gasteiger partial charge < -0.3 is 10.2 Å². The first-order chi connectivity index (χ1) is 11.1. The van der Waals surface area contributed by atoms with Crippen LogP contribution in [0.15, 0.2) is 54.6 Å². The largest absolute Gasteiger partial charge is 0.366 e. The highest BCUT2D eigenvalue weighted by molar-refractivity contribution is 5.72. The molecule has 120 valence electrons. The molecule has 1 unspecified atom stereocenters. The zero-order chi connectivity index (χ0) is 16.3. The Hall–Kier alpha value is -2.29. The SMILES string of the molecule is CC(=O)NCCC1(C)CN(Cc2ccccc2)c2ccccc21. The Kier molecular flexibility index (Phi) is 4.37. The van der Waals surface area contributed by atoms with Crippen molar-refractivity contribution in [2.24, 2.45) is 0 Å². The zero-order valence-electron chi connectivity index (χ0n) is 13.9. The summed E-state index contributed by atoms with van der Waals surface area (Å²) in [4.78, 5) is 13.6. The molecule has 0 fully saturated rings. The fourth-order valence-electron chi connectivity index (χ4n) is 3.52. The first-order valence-corrected chi connectivity index (χ1v) is 8.21. The van der Waals surface area contributed by atoms with Gasteiger partial charge in [-0.15, -0.1) is 0 Å². The molecule has 3 heteroatoms. The van der Waals surface area contributed by atoms with Crippen molar-refractivity contribution in [1.82, 2.24) is 5.32 Å². The van der Waals surface area contributed by atoms with E-state index in [1.807, 2.05) is 0 Å². The first kappa shape index (κ1) is 15.6. The standard InChI is InChI=1S/C20H24N2O/c1-16(23)21-13-12-20(2)15-22(14-17-8-4-3-5-9-17)19-11-7-6-10-18(19)20/h3-11H,12-15H2,1-2H3,(H,21,23). The zero-order valence-corrected chi connectivity index (χ0v) is 13.9. The molecule has 0 spiro atoms. The van der Waals surface area contributed by atoms with E-state index in [0.29, 0.717) is 0 Å². The van der Waals surface area contributed by atoms with Crippen molar-refractivity contribution in [1.29, 1.82) is 0 Å². The Balaban J connectivity index is 1.80. The lowest BCUT2D eigenvalue weighted by atomic mass is 9.81. The van der Waals surface area contributed by atoms with Gasteiger partial charge >= 0.3 is 0 Å². The average molecular weight is 308 g/mol. The molecule has 1 N–H and O–H groups in total. The molecule has 1 atom stereocenters. The maximum atomic E-state index is 11.2. The summed E-state index contributed by atoms with van der Waals surface area (Å²) in [5.74, 6) is 0.0426. The molecule has 2 aromatic rings. The first-order valence-electron chi connectivity index (χ1n) is 8.21. The van der Waals surface area contributed by atoms with E-state index in [-0.39, 0.29) is 11.3 Å². The van der Waals surface area contributed by atoms with E-state index in [0.717, 1.165) is 26.1 Å². The van der Waals surface area contributed by atoms with Crippen LogP contribution in [0.25, 0.3) is 0 Å². The molecule has 0 radical (unpaired) electrons. The normalized spacial score (nSPS) is 19.5. The van der Waals surface area contributed by atoms with E-state index in [9.17, 15) is 4.79 Å². The Morgan fingerprint density at radius 2 is 1.83 bits per heavy atom. The van der Waals surface area contributed by atoms with Crippen LogP contribution in [-0.2, 0) is 16.8 Å². The molecule has 0 aliphatic carbocycles. The number of fused-ring (bicyclic) bond motifs is 1. The van der Waals surface area contributed by atoms with Crippen molar-refractivity contribution in [2.75, 3.05) is 18.0 Å². The van der Waals surface area contributed by atoms with Gasteiger partial charge in [0.15, 0.2) is 0 Å². The predicted octanol–water partition coefficient (Wildman–Crippen LogP) is 3.49. The van der Waals surface area contributed by atoms with Crippen LogP contribution in [0.5, 0.6) is 0 Å². The third-order valence-electron chi connectivity index (χ3n) is 4.70. The number of hydrogen-bond acceptors (Lipinski definition) is 2. The van der Waals surface area contributed by atoms with Crippen molar-refractivity contribution in [3.05, 3.63) is 65.7 Å². The smallest absolute Gasteiger partial charge is 0.216 e. The second-order valence-corrected chi connectivity index (χ2v) is 6.65.